The molecule has 0 aliphatic rings. The molecule has 0 heterocycles. The second-order valence-corrected chi connectivity index (χ2v) is 8.13. The summed E-state index contributed by atoms with van der Waals surface area (Å²) in [5.74, 6) is 0. The summed E-state index contributed by atoms with van der Waals surface area (Å²) in [7, 11) is -0.332. The van der Waals surface area contributed by atoms with Crippen LogP contribution in [-0.2, 0) is 4.43 Å². The van der Waals surface area contributed by atoms with Crippen molar-refractivity contribution in [1.29, 1.82) is 0 Å². The van der Waals surface area contributed by atoms with Crippen LogP contribution in [0.25, 0.3) is 0 Å². The Bertz CT molecular complexity index is 202. The van der Waals surface area contributed by atoms with Gasteiger partial charge in [-0.2, -0.15) is 0 Å². The molecule has 0 aromatic heterocycles. The van der Waals surface area contributed by atoms with Gasteiger partial charge < -0.3 is 9.22 Å². The molecule has 0 bridgehead atoms. The normalized spacial score (nSPS) is 11.3. The SMILES string of the molecule is CCCCCCCCCCCCCCCCCCCCCCO[Si]O. The first kappa shape index (κ1) is 25.1. The number of unbranched alkanes of at least 4 members (excludes halogenated alkanes) is 19. The first-order valence-corrected chi connectivity index (χ1v) is 12.3. The van der Waals surface area contributed by atoms with Crippen LogP contribution in [0, 0.1) is 0 Å². The summed E-state index contributed by atoms with van der Waals surface area (Å²) in [5.41, 5.74) is 0. The van der Waals surface area contributed by atoms with E-state index < -0.39 is 0 Å². The zero-order valence-corrected chi connectivity index (χ0v) is 18.2. The second-order valence-electron chi connectivity index (χ2n) is 7.66. The summed E-state index contributed by atoms with van der Waals surface area (Å²) in [6.07, 6.45) is 28.2. The Hall–Kier alpha value is 0.137. The molecule has 0 unspecified atom stereocenters. The standard InChI is InChI=1S/C22H46O2Si/c1-2-3-4-5-6-7-8-9-10-11-12-13-14-15-16-17-18-19-20-21-22-24-25-23/h23H,2-22H2,1H3. The van der Waals surface area contributed by atoms with Gasteiger partial charge in [0.25, 0.3) is 0 Å². The molecule has 0 atom stereocenters. The van der Waals surface area contributed by atoms with E-state index >= 15 is 0 Å². The van der Waals surface area contributed by atoms with Gasteiger partial charge >= 0.3 is 10.0 Å². The quantitative estimate of drug-likeness (QED) is 0.159. The van der Waals surface area contributed by atoms with Crippen LogP contribution in [0.2, 0.25) is 0 Å². The maximum Gasteiger partial charge on any atom is 0.430 e. The van der Waals surface area contributed by atoms with Gasteiger partial charge in [0.05, 0.1) is 0 Å². The minimum absolute atomic E-state index is 0.332. The Labute approximate surface area is 161 Å². The molecule has 2 nitrogen and oxygen atoms in total. The Kier molecular flexibility index (Phi) is 24.3. The van der Waals surface area contributed by atoms with Crippen LogP contribution < -0.4 is 0 Å². The lowest BCUT2D eigenvalue weighted by atomic mass is 10.0. The Morgan fingerprint density at radius 3 is 1.04 bits per heavy atom. The van der Waals surface area contributed by atoms with Gasteiger partial charge in [-0.25, -0.2) is 0 Å². The number of hydrogen-bond donors (Lipinski definition) is 1. The minimum Gasteiger partial charge on any atom is -0.409 e. The highest BCUT2D eigenvalue weighted by atomic mass is 28.2. The molecule has 25 heavy (non-hydrogen) atoms. The molecule has 0 amide bonds. The predicted molar refractivity (Wildman–Crippen MR) is 112 cm³/mol. The van der Waals surface area contributed by atoms with E-state index in [4.69, 9.17) is 9.22 Å². The van der Waals surface area contributed by atoms with Crippen molar-refractivity contribution in [2.75, 3.05) is 6.61 Å². The highest BCUT2D eigenvalue weighted by Gasteiger charge is 1.95. The fourth-order valence-corrected chi connectivity index (χ4v) is 3.71. The molecule has 0 aliphatic carbocycles. The van der Waals surface area contributed by atoms with Crippen molar-refractivity contribution in [3.05, 3.63) is 0 Å². The van der Waals surface area contributed by atoms with Crippen molar-refractivity contribution in [2.45, 2.75) is 135 Å². The van der Waals surface area contributed by atoms with E-state index in [2.05, 4.69) is 6.92 Å². The third-order valence-corrected chi connectivity index (χ3v) is 5.50. The van der Waals surface area contributed by atoms with E-state index in [1.807, 2.05) is 0 Å². The molecule has 0 saturated carbocycles. The highest BCUT2D eigenvalue weighted by molar-refractivity contribution is 6.15. The fourth-order valence-electron chi connectivity index (χ4n) is 3.48. The van der Waals surface area contributed by atoms with E-state index in [0.29, 0.717) is 0 Å². The molecule has 0 aliphatic heterocycles. The van der Waals surface area contributed by atoms with Crippen LogP contribution in [0.15, 0.2) is 0 Å². The van der Waals surface area contributed by atoms with Crippen molar-refractivity contribution in [3.63, 3.8) is 0 Å². The van der Waals surface area contributed by atoms with Crippen LogP contribution in [0.3, 0.4) is 0 Å². The van der Waals surface area contributed by atoms with E-state index in [-0.39, 0.29) is 10.0 Å². The number of rotatable bonds is 22. The van der Waals surface area contributed by atoms with Gasteiger partial charge in [-0.05, 0) is 6.42 Å². The maximum absolute atomic E-state index is 8.53. The molecule has 0 fully saturated rings. The van der Waals surface area contributed by atoms with Gasteiger partial charge in [0.1, 0.15) is 0 Å². The highest BCUT2D eigenvalue weighted by Crippen LogP contribution is 2.14. The van der Waals surface area contributed by atoms with E-state index in [9.17, 15) is 0 Å². The molecular weight excluding hydrogens is 324 g/mol. The topological polar surface area (TPSA) is 29.5 Å². The van der Waals surface area contributed by atoms with Crippen LogP contribution in [0.5, 0.6) is 0 Å². The van der Waals surface area contributed by atoms with Crippen molar-refractivity contribution < 1.29 is 9.22 Å². The summed E-state index contributed by atoms with van der Waals surface area (Å²) >= 11 is 0. The maximum atomic E-state index is 8.53. The Morgan fingerprint density at radius 2 is 0.760 bits per heavy atom. The monoisotopic (exact) mass is 370 g/mol. The van der Waals surface area contributed by atoms with Crippen LogP contribution in [-0.4, -0.2) is 21.4 Å². The molecule has 0 saturated heterocycles. The summed E-state index contributed by atoms with van der Waals surface area (Å²) in [5, 5.41) is 0. The summed E-state index contributed by atoms with van der Waals surface area (Å²) in [6, 6.07) is 0. The smallest absolute Gasteiger partial charge is 0.409 e. The zero-order valence-electron chi connectivity index (χ0n) is 17.2. The zero-order chi connectivity index (χ0) is 18.3. The Morgan fingerprint density at radius 1 is 0.480 bits per heavy atom. The molecule has 2 radical (unpaired) electrons. The first-order valence-electron chi connectivity index (χ1n) is 11.4. The third kappa shape index (κ3) is 24.1. The molecule has 150 valence electrons. The van der Waals surface area contributed by atoms with Crippen LogP contribution in [0.4, 0.5) is 0 Å². The molecule has 0 aromatic rings. The third-order valence-electron chi connectivity index (χ3n) is 5.16. The van der Waals surface area contributed by atoms with Gasteiger partial charge in [0.15, 0.2) is 0 Å². The van der Waals surface area contributed by atoms with Gasteiger partial charge in [-0.15, -0.1) is 0 Å². The van der Waals surface area contributed by atoms with Crippen molar-refractivity contribution in [1.82, 2.24) is 0 Å². The summed E-state index contributed by atoms with van der Waals surface area (Å²) in [4.78, 5) is 8.53. The van der Waals surface area contributed by atoms with Gasteiger partial charge in [0.2, 0.25) is 0 Å². The van der Waals surface area contributed by atoms with Crippen LogP contribution >= 0.6 is 0 Å². The first-order chi connectivity index (χ1) is 12.4. The van der Waals surface area contributed by atoms with Gasteiger partial charge in [-0.1, -0.05) is 129 Å². The molecule has 3 heteroatoms. The minimum atomic E-state index is -0.332. The average molecular weight is 371 g/mol. The van der Waals surface area contributed by atoms with Crippen molar-refractivity contribution in [2.24, 2.45) is 0 Å². The lowest BCUT2D eigenvalue weighted by molar-refractivity contribution is 0.274. The van der Waals surface area contributed by atoms with Crippen molar-refractivity contribution in [3.8, 4) is 0 Å². The largest absolute Gasteiger partial charge is 0.430 e. The summed E-state index contributed by atoms with van der Waals surface area (Å²) in [6.45, 7) is 3.02. The Balaban J connectivity index is 2.94. The molecule has 0 spiro atoms. The van der Waals surface area contributed by atoms with Gasteiger partial charge in [0, 0.05) is 6.61 Å². The van der Waals surface area contributed by atoms with Gasteiger partial charge in [-0.3, -0.25) is 0 Å². The molecular formula is C22H46O2Si. The summed E-state index contributed by atoms with van der Waals surface area (Å²) < 4.78 is 4.95. The predicted octanol–water partition coefficient (Wildman–Crippen LogP) is 7.35. The van der Waals surface area contributed by atoms with Crippen LogP contribution in [0.1, 0.15) is 135 Å². The number of hydrogen-bond acceptors (Lipinski definition) is 2. The fraction of sp³-hybridized carbons (Fsp3) is 1.00. The second kappa shape index (κ2) is 24.1. The molecule has 1 N–H and O–H groups in total. The lowest BCUT2D eigenvalue weighted by Gasteiger charge is -2.04. The average Bonchev–Trinajstić information content (AvgIpc) is 2.63. The molecule has 0 aromatic carbocycles. The van der Waals surface area contributed by atoms with E-state index in [1.54, 1.807) is 0 Å². The lowest BCUT2D eigenvalue weighted by Crippen LogP contribution is -1.98. The molecule has 0 rings (SSSR count). The van der Waals surface area contributed by atoms with Crippen molar-refractivity contribution >= 4 is 10.0 Å². The van der Waals surface area contributed by atoms with E-state index in [0.717, 1.165) is 13.0 Å². The van der Waals surface area contributed by atoms with E-state index in [1.165, 1.54) is 122 Å².